The number of urea groups is 1. The molecule has 4 amide bonds. The van der Waals surface area contributed by atoms with Crippen molar-refractivity contribution >= 4 is 29.2 Å². The molecule has 1 atom stereocenters. The third-order valence-electron chi connectivity index (χ3n) is 5.55. The van der Waals surface area contributed by atoms with Gasteiger partial charge < -0.3 is 4.90 Å². The van der Waals surface area contributed by atoms with Crippen LogP contribution in [0, 0.1) is 12.3 Å². The van der Waals surface area contributed by atoms with Gasteiger partial charge in [0.1, 0.15) is 0 Å². The molecule has 30 heavy (non-hydrogen) atoms. The molecule has 0 aliphatic carbocycles. The van der Waals surface area contributed by atoms with Crippen LogP contribution in [0.2, 0.25) is 0 Å². The molecule has 156 valence electrons. The highest BCUT2D eigenvalue weighted by atomic mass is 19.4. The second kappa shape index (κ2) is 6.58. The minimum atomic E-state index is -4.64. The predicted octanol–water partition coefficient (Wildman–Crippen LogP) is 3.28. The Morgan fingerprint density at radius 2 is 1.80 bits per heavy atom. The van der Waals surface area contributed by atoms with E-state index in [2.05, 4.69) is 5.32 Å². The summed E-state index contributed by atoms with van der Waals surface area (Å²) >= 11 is 0. The van der Waals surface area contributed by atoms with Crippen LogP contribution in [-0.4, -0.2) is 31.4 Å². The molecule has 2 heterocycles. The number of nitrogens with one attached hydrogen (secondary N) is 1. The summed E-state index contributed by atoms with van der Waals surface area (Å²) in [5.41, 5.74) is -0.309. The smallest absolute Gasteiger partial charge is 0.373 e. The van der Waals surface area contributed by atoms with Gasteiger partial charge in [-0.3, -0.25) is 14.9 Å². The Morgan fingerprint density at radius 1 is 1.07 bits per heavy atom. The van der Waals surface area contributed by atoms with E-state index in [4.69, 9.17) is 0 Å². The van der Waals surface area contributed by atoms with Gasteiger partial charge in [-0.25, -0.2) is 9.69 Å². The van der Waals surface area contributed by atoms with Gasteiger partial charge in [-0.1, -0.05) is 23.8 Å². The summed E-state index contributed by atoms with van der Waals surface area (Å²) in [6, 6.07) is 8.53. The SMILES string of the molecule is Cc1ccc2c(c1)CC1(CN2C)C(=O)NC(=O)N(c2cccc(C(F)(F)F)c2)C1=O. The lowest BCUT2D eigenvalue weighted by Gasteiger charge is -2.45. The number of nitrogens with zero attached hydrogens (tertiary/aromatic N) is 2. The normalized spacial score (nSPS) is 21.7. The van der Waals surface area contributed by atoms with Crippen LogP contribution >= 0.6 is 0 Å². The molecule has 0 aromatic heterocycles. The molecule has 0 bridgehead atoms. The van der Waals surface area contributed by atoms with Crippen molar-refractivity contribution in [1.29, 1.82) is 0 Å². The summed E-state index contributed by atoms with van der Waals surface area (Å²) in [6.07, 6.45) is -4.60. The first kappa shape index (κ1) is 19.9. The van der Waals surface area contributed by atoms with Crippen molar-refractivity contribution in [1.82, 2.24) is 5.32 Å². The molecule has 1 fully saturated rings. The fourth-order valence-electron chi connectivity index (χ4n) is 4.13. The van der Waals surface area contributed by atoms with E-state index in [9.17, 15) is 27.6 Å². The predicted molar refractivity (Wildman–Crippen MR) is 103 cm³/mol. The van der Waals surface area contributed by atoms with Crippen molar-refractivity contribution in [3.8, 4) is 0 Å². The quantitative estimate of drug-likeness (QED) is 0.723. The van der Waals surface area contributed by atoms with E-state index in [1.54, 1.807) is 11.9 Å². The number of hydrogen-bond donors (Lipinski definition) is 1. The number of carbonyl (C=O) groups is 3. The first-order valence-electron chi connectivity index (χ1n) is 9.21. The molecular formula is C21H18F3N3O3. The maximum absolute atomic E-state index is 13.5. The van der Waals surface area contributed by atoms with E-state index in [0.29, 0.717) is 4.90 Å². The molecule has 2 aromatic rings. The molecule has 9 heteroatoms. The number of alkyl halides is 3. The second-order valence-corrected chi connectivity index (χ2v) is 7.70. The summed E-state index contributed by atoms with van der Waals surface area (Å²) in [7, 11) is 1.72. The van der Waals surface area contributed by atoms with Gasteiger partial charge in [0.2, 0.25) is 5.91 Å². The van der Waals surface area contributed by atoms with E-state index >= 15 is 0 Å². The van der Waals surface area contributed by atoms with Gasteiger partial charge in [0, 0.05) is 19.3 Å². The Labute approximate surface area is 170 Å². The Balaban J connectivity index is 1.79. The van der Waals surface area contributed by atoms with E-state index in [0.717, 1.165) is 35.0 Å². The number of anilines is 2. The van der Waals surface area contributed by atoms with Gasteiger partial charge in [-0.2, -0.15) is 13.2 Å². The molecule has 2 aliphatic rings. The van der Waals surface area contributed by atoms with E-state index < -0.39 is 35.0 Å². The first-order valence-corrected chi connectivity index (χ1v) is 9.21. The van der Waals surface area contributed by atoms with Crippen LogP contribution in [-0.2, 0) is 22.2 Å². The molecule has 1 saturated heterocycles. The van der Waals surface area contributed by atoms with Crippen LogP contribution in [0.25, 0.3) is 0 Å². The largest absolute Gasteiger partial charge is 0.416 e. The number of hydrogen-bond acceptors (Lipinski definition) is 4. The zero-order valence-corrected chi connectivity index (χ0v) is 16.2. The van der Waals surface area contributed by atoms with Gasteiger partial charge in [0.05, 0.1) is 11.3 Å². The molecule has 0 saturated carbocycles. The van der Waals surface area contributed by atoms with Crippen LogP contribution < -0.4 is 15.1 Å². The highest BCUT2D eigenvalue weighted by Gasteiger charge is 2.56. The van der Waals surface area contributed by atoms with Crippen molar-refractivity contribution in [2.75, 3.05) is 23.4 Å². The first-order chi connectivity index (χ1) is 14.0. The van der Waals surface area contributed by atoms with Gasteiger partial charge in [-0.15, -0.1) is 0 Å². The van der Waals surface area contributed by atoms with E-state index in [-0.39, 0.29) is 18.7 Å². The summed E-state index contributed by atoms with van der Waals surface area (Å²) < 4.78 is 39.4. The lowest BCUT2D eigenvalue weighted by Crippen LogP contribution is -2.68. The van der Waals surface area contributed by atoms with Crippen LogP contribution in [0.3, 0.4) is 0 Å². The number of aryl methyl sites for hydroxylation is 1. The molecule has 1 spiro atoms. The van der Waals surface area contributed by atoms with Crippen molar-refractivity contribution < 1.29 is 27.6 Å². The maximum Gasteiger partial charge on any atom is 0.416 e. The molecule has 1 unspecified atom stereocenters. The summed E-state index contributed by atoms with van der Waals surface area (Å²) in [5, 5.41) is 2.16. The third kappa shape index (κ3) is 3.01. The number of amides is 4. The number of benzene rings is 2. The standard InChI is InChI=1S/C21H18F3N3O3/c1-12-6-7-16-13(8-12)10-20(11-26(16)2)17(28)25-19(30)27(18(20)29)15-5-3-4-14(9-15)21(22,23)24/h3-9H,10-11H2,1-2H3,(H,25,28,30). The van der Waals surface area contributed by atoms with Crippen LogP contribution in [0.5, 0.6) is 0 Å². The number of barbiturate groups is 1. The minimum absolute atomic E-state index is 0.00350. The molecular weight excluding hydrogens is 399 g/mol. The molecule has 2 aliphatic heterocycles. The monoisotopic (exact) mass is 417 g/mol. The highest BCUT2D eigenvalue weighted by Crippen LogP contribution is 2.41. The number of imide groups is 2. The number of halogens is 3. The van der Waals surface area contributed by atoms with E-state index in [1.165, 1.54) is 6.07 Å². The number of fused-ring (bicyclic) bond motifs is 1. The summed E-state index contributed by atoms with van der Waals surface area (Å²) in [4.78, 5) is 41.1. The Morgan fingerprint density at radius 3 is 2.50 bits per heavy atom. The number of carbonyl (C=O) groups excluding carboxylic acids is 3. The Bertz CT molecular complexity index is 1080. The van der Waals surface area contributed by atoms with Crippen LogP contribution in [0.4, 0.5) is 29.3 Å². The lowest BCUT2D eigenvalue weighted by molar-refractivity contribution is -0.142. The molecule has 2 aromatic carbocycles. The maximum atomic E-state index is 13.5. The summed E-state index contributed by atoms with van der Waals surface area (Å²) in [5.74, 6) is -1.59. The van der Waals surface area contributed by atoms with E-state index in [1.807, 2.05) is 25.1 Å². The fraction of sp³-hybridized carbons (Fsp3) is 0.286. The molecule has 0 radical (unpaired) electrons. The molecule has 4 rings (SSSR count). The number of rotatable bonds is 1. The average molecular weight is 417 g/mol. The van der Waals surface area contributed by atoms with Gasteiger partial charge >= 0.3 is 12.2 Å². The Kier molecular flexibility index (Phi) is 4.37. The molecule has 6 nitrogen and oxygen atoms in total. The van der Waals surface area contributed by atoms with Crippen molar-refractivity contribution in [2.45, 2.75) is 19.5 Å². The Hall–Kier alpha value is -3.36. The van der Waals surface area contributed by atoms with Crippen molar-refractivity contribution in [3.05, 3.63) is 59.2 Å². The topological polar surface area (TPSA) is 69.7 Å². The average Bonchev–Trinajstić information content (AvgIpc) is 2.66. The van der Waals surface area contributed by atoms with Gasteiger partial charge in [0.25, 0.3) is 5.91 Å². The van der Waals surface area contributed by atoms with Gasteiger partial charge in [-0.05, 0) is 43.2 Å². The highest BCUT2D eigenvalue weighted by molar-refractivity contribution is 6.30. The molecule has 1 N–H and O–H groups in total. The zero-order valence-electron chi connectivity index (χ0n) is 16.2. The van der Waals surface area contributed by atoms with Crippen LogP contribution in [0.15, 0.2) is 42.5 Å². The van der Waals surface area contributed by atoms with Crippen molar-refractivity contribution in [3.63, 3.8) is 0 Å². The van der Waals surface area contributed by atoms with Gasteiger partial charge in [0.15, 0.2) is 5.41 Å². The zero-order chi connectivity index (χ0) is 21.8. The lowest BCUT2D eigenvalue weighted by atomic mass is 9.74. The third-order valence-corrected chi connectivity index (χ3v) is 5.55. The fourth-order valence-corrected chi connectivity index (χ4v) is 4.13. The minimum Gasteiger partial charge on any atom is -0.373 e. The second-order valence-electron chi connectivity index (χ2n) is 7.70. The summed E-state index contributed by atoms with van der Waals surface area (Å²) in [6.45, 7) is 1.87. The van der Waals surface area contributed by atoms with Crippen LogP contribution in [0.1, 0.15) is 16.7 Å². The van der Waals surface area contributed by atoms with Crippen molar-refractivity contribution in [2.24, 2.45) is 5.41 Å².